The summed E-state index contributed by atoms with van der Waals surface area (Å²) in [7, 11) is -4.17. The molecule has 1 atom stereocenters. The van der Waals surface area contributed by atoms with Crippen molar-refractivity contribution in [1.29, 1.82) is 0 Å². The van der Waals surface area contributed by atoms with Gasteiger partial charge in [-0.25, -0.2) is 0 Å². The summed E-state index contributed by atoms with van der Waals surface area (Å²) in [4.78, 5) is 0. The molecular weight excluding hydrogens is 402 g/mol. The molecule has 0 aromatic rings. The molecule has 2 aliphatic rings. The standard InChI is InChI=1S/C20H42B2O7Si/c1-12-23-30(24-13-2,25-14-3)16(22-28-19(8,9)20(10,11)29-22)15-21-26-17(4,5)18(6,7)27-21/h16H,12-15H2,1-11H3. The van der Waals surface area contributed by atoms with Gasteiger partial charge >= 0.3 is 23.0 Å². The summed E-state index contributed by atoms with van der Waals surface area (Å²) in [6.45, 7) is 23.7. The van der Waals surface area contributed by atoms with E-state index in [1.54, 1.807) is 0 Å². The molecule has 0 saturated carbocycles. The van der Waals surface area contributed by atoms with E-state index in [0.717, 1.165) is 0 Å². The molecule has 2 fully saturated rings. The molecule has 30 heavy (non-hydrogen) atoms. The van der Waals surface area contributed by atoms with E-state index in [1.807, 2.05) is 48.5 Å². The lowest BCUT2D eigenvalue weighted by atomic mass is 9.70. The highest BCUT2D eigenvalue weighted by molar-refractivity contribution is 6.78. The predicted molar refractivity (Wildman–Crippen MR) is 121 cm³/mol. The van der Waals surface area contributed by atoms with Crippen molar-refractivity contribution < 1.29 is 31.9 Å². The Morgan fingerprint density at radius 2 is 0.967 bits per heavy atom. The third-order valence-electron chi connectivity index (χ3n) is 6.84. The maximum absolute atomic E-state index is 6.45. The van der Waals surface area contributed by atoms with Crippen LogP contribution in [-0.2, 0) is 31.9 Å². The predicted octanol–water partition coefficient (Wildman–Crippen LogP) is 4.13. The van der Waals surface area contributed by atoms with Crippen LogP contribution in [0.15, 0.2) is 0 Å². The van der Waals surface area contributed by atoms with E-state index in [9.17, 15) is 0 Å². The minimum absolute atomic E-state index is 0.298. The third-order valence-corrected chi connectivity index (χ3v) is 10.3. The van der Waals surface area contributed by atoms with Crippen LogP contribution in [0, 0.1) is 0 Å². The highest BCUT2D eigenvalue weighted by Gasteiger charge is 2.65. The molecule has 174 valence electrons. The van der Waals surface area contributed by atoms with Gasteiger partial charge < -0.3 is 31.9 Å². The van der Waals surface area contributed by atoms with Crippen molar-refractivity contribution >= 4 is 23.0 Å². The minimum Gasteiger partial charge on any atom is -0.403 e. The van der Waals surface area contributed by atoms with Gasteiger partial charge in [0, 0.05) is 19.8 Å². The van der Waals surface area contributed by atoms with Gasteiger partial charge in [0.05, 0.1) is 27.8 Å². The van der Waals surface area contributed by atoms with Crippen molar-refractivity contribution in [1.82, 2.24) is 0 Å². The van der Waals surface area contributed by atoms with Gasteiger partial charge in [-0.05, 0) is 82.5 Å². The molecule has 10 heteroatoms. The number of hydrogen-bond acceptors (Lipinski definition) is 7. The summed E-state index contributed by atoms with van der Waals surface area (Å²) in [5.41, 5.74) is -2.10. The van der Waals surface area contributed by atoms with Crippen LogP contribution in [0.4, 0.5) is 0 Å². The molecular formula is C20H42B2O7Si. The van der Waals surface area contributed by atoms with Gasteiger partial charge in [-0.15, -0.1) is 0 Å². The summed E-state index contributed by atoms with van der Waals surface area (Å²) in [6, 6.07) is 0. The van der Waals surface area contributed by atoms with Gasteiger partial charge in [0.25, 0.3) is 0 Å². The van der Waals surface area contributed by atoms with Crippen molar-refractivity contribution in [2.45, 2.75) is 110 Å². The summed E-state index contributed by atoms with van der Waals surface area (Å²) in [5, 5.41) is 0. The van der Waals surface area contributed by atoms with E-state index in [0.29, 0.717) is 26.1 Å². The Morgan fingerprint density at radius 3 is 1.30 bits per heavy atom. The smallest absolute Gasteiger partial charge is 0.403 e. The molecule has 0 amide bonds. The summed E-state index contributed by atoms with van der Waals surface area (Å²) in [5.74, 6) is 0. The molecule has 0 bridgehead atoms. The fraction of sp³-hybridized carbons (Fsp3) is 1.00. The Balaban J connectivity index is 2.42. The fourth-order valence-corrected chi connectivity index (χ4v) is 6.84. The Kier molecular flexibility index (Phi) is 8.01. The molecule has 0 aromatic heterocycles. The molecule has 2 heterocycles. The topological polar surface area (TPSA) is 64.6 Å². The lowest BCUT2D eigenvalue weighted by molar-refractivity contribution is 0.00578. The normalized spacial score (nSPS) is 25.7. The van der Waals surface area contributed by atoms with Gasteiger partial charge in [0.15, 0.2) is 0 Å². The first-order valence-corrected chi connectivity index (χ1v) is 13.1. The average Bonchev–Trinajstić information content (AvgIpc) is 2.92. The summed E-state index contributed by atoms with van der Waals surface area (Å²) in [6.07, 6.45) is 0.496. The summed E-state index contributed by atoms with van der Waals surface area (Å²) < 4.78 is 44.3. The average molecular weight is 444 g/mol. The zero-order valence-corrected chi connectivity index (χ0v) is 21.9. The fourth-order valence-electron chi connectivity index (χ4n) is 3.79. The van der Waals surface area contributed by atoms with Crippen LogP contribution >= 0.6 is 0 Å². The molecule has 2 saturated heterocycles. The van der Waals surface area contributed by atoms with Crippen molar-refractivity contribution in [2.24, 2.45) is 0 Å². The van der Waals surface area contributed by atoms with Gasteiger partial charge in [0.2, 0.25) is 0 Å². The van der Waals surface area contributed by atoms with Crippen LogP contribution < -0.4 is 0 Å². The second kappa shape index (κ2) is 9.13. The van der Waals surface area contributed by atoms with Crippen LogP contribution in [-0.4, -0.2) is 65.3 Å². The van der Waals surface area contributed by atoms with E-state index in [-0.39, 0.29) is 5.44 Å². The third kappa shape index (κ3) is 5.01. The second-order valence-electron chi connectivity index (χ2n) is 10.1. The molecule has 0 aromatic carbocycles. The Morgan fingerprint density at radius 1 is 0.633 bits per heavy atom. The summed E-state index contributed by atoms with van der Waals surface area (Å²) >= 11 is 0. The Bertz CT molecular complexity index is 536. The first-order valence-electron chi connectivity index (χ1n) is 11.3. The highest BCUT2D eigenvalue weighted by Crippen LogP contribution is 2.47. The molecule has 2 rings (SSSR count). The minimum atomic E-state index is -3.19. The molecule has 0 aliphatic carbocycles. The number of rotatable bonds is 10. The quantitative estimate of drug-likeness (QED) is 0.470. The molecule has 2 aliphatic heterocycles. The lowest BCUT2D eigenvalue weighted by Gasteiger charge is -2.36. The largest absolute Gasteiger partial charge is 0.501 e. The van der Waals surface area contributed by atoms with Gasteiger partial charge in [-0.3, -0.25) is 0 Å². The van der Waals surface area contributed by atoms with Crippen LogP contribution in [0.25, 0.3) is 0 Å². The monoisotopic (exact) mass is 444 g/mol. The molecule has 0 N–H and O–H groups in total. The SMILES string of the molecule is CCO[Si](OCC)(OCC)C(CB1OC(C)(C)C(C)(C)O1)B1OC(C)(C)C(C)(C)O1. The Labute approximate surface area is 185 Å². The van der Waals surface area contributed by atoms with E-state index < -0.39 is 45.4 Å². The van der Waals surface area contributed by atoms with Crippen molar-refractivity contribution in [3.63, 3.8) is 0 Å². The van der Waals surface area contributed by atoms with Crippen LogP contribution in [0.2, 0.25) is 11.8 Å². The molecule has 0 radical (unpaired) electrons. The van der Waals surface area contributed by atoms with E-state index in [1.165, 1.54) is 0 Å². The van der Waals surface area contributed by atoms with Crippen LogP contribution in [0.5, 0.6) is 0 Å². The van der Waals surface area contributed by atoms with E-state index in [4.69, 9.17) is 31.9 Å². The van der Waals surface area contributed by atoms with Crippen molar-refractivity contribution in [3.8, 4) is 0 Å². The van der Waals surface area contributed by atoms with Crippen molar-refractivity contribution in [3.05, 3.63) is 0 Å². The zero-order valence-electron chi connectivity index (χ0n) is 20.9. The van der Waals surface area contributed by atoms with Gasteiger partial charge in [0.1, 0.15) is 0 Å². The first-order chi connectivity index (χ1) is 13.7. The lowest BCUT2D eigenvalue weighted by Crippen LogP contribution is -2.56. The van der Waals surface area contributed by atoms with Crippen LogP contribution in [0.1, 0.15) is 76.2 Å². The highest BCUT2D eigenvalue weighted by atomic mass is 28.4. The number of hydrogen-bond donors (Lipinski definition) is 0. The van der Waals surface area contributed by atoms with E-state index >= 15 is 0 Å². The maximum atomic E-state index is 6.45. The first kappa shape index (κ1) is 26.3. The van der Waals surface area contributed by atoms with Gasteiger partial charge in [-0.1, -0.05) is 0 Å². The zero-order chi connectivity index (χ0) is 23.0. The molecule has 7 nitrogen and oxygen atoms in total. The molecule has 1 unspecified atom stereocenters. The Hall–Kier alpha value is 0.0668. The van der Waals surface area contributed by atoms with Crippen molar-refractivity contribution in [2.75, 3.05) is 19.8 Å². The van der Waals surface area contributed by atoms with E-state index in [2.05, 4.69) is 27.7 Å². The van der Waals surface area contributed by atoms with Crippen LogP contribution in [0.3, 0.4) is 0 Å². The maximum Gasteiger partial charge on any atom is 0.501 e. The van der Waals surface area contributed by atoms with Gasteiger partial charge in [-0.2, -0.15) is 0 Å². The second-order valence-corrected chi connectivity index (χ2v) is 12.9. The molecule has 0 spiro atoms.